The Morgan fingerprint density at radius 1 is 1.40 bits per heavy atom. The number of benzene rings is 1. The Hall–Kier alpha value is -2.76. The zero-order valence-corrected chi connectivity index (χ0v) is 10.8. The summed E-state index contributed by atoms with van der Waals surface area (Å²) in [6.45, 7) is 0.343. The fraction of sp³-hybridized carbons (Fsp3) is 0.143. The molecule has 1 aromatic carbocycles. The molecule has 2 aromatic heterocycles. The van der Waals surface area contributed by atoms with Crippen LogP contribution in [-0.2, 0) is 13.6 Å². The number of nitrogens with zero attached hydrogens (tertiary/aromatic N) is 2. The van der Waals surface area contributed by atoms with E-state index in [4.69, 9.17) is 4.42 Å². The summed E-state index contributed by atoms with van der Waals surface area (Å²) in [6, 6.07) is 9.09. The molecule has 3 rings (SSSR count). The second-order valence-corrected chi connectivity index (χ2v) is 4.44. The van der Waals surface area contributed by atoms with Crippen LogP contribution in [0.1, 0.15) is 16.1 Å². The van der Waals surface area contributed by atoms with Gasteiger partial charge in [-0.3, -0.25) is 4.68 Å². The van der Waals surface area contributed by atoms with Crippen molar-refractivity contribution in [3.63, 3.8) is 0 Å². The summed E-state index contributed by atoms with van der Waals surface area (Å²) < 4.78 is 7.06. The van der Waals surface area contributed by atoms with E-state index in [0.29, 0.717) is 23.5 Å². The van der Waals surface area contributed by atoms with Gasteiger partial charge in [0.2, 0.25) is 5.76 Å². The minimum absolute atomic E-state index is 0.0327. The summed E-state index contributed by atoms with van der Waals surface area (Å²) in [5.41, 5.74) is 1.20. The molecule has 3 aromatic rings. The Bertz CT molecular complexity index is 773. The molecule has 102 valence electrons. The third-order valence-electron chi connectivity index (χ3n) is 3.05. The van der Waals surface area contributed by atoms with Crippen molar-refractivity contribution in [1.82, 2.24) is 9.78 Å². The van der Waals surface area contributed by atoms with Crippen LogP contribution in [0.25, 0.3) is 11.0 Å². The first-order valence-electron chi connectivity index (χ1n) is 6.12. The maximum absolute atomic E-state index is 11.3. The fourth-order valence-electron chi connectivity index (χ4n) is 2.14. The number of hydrogen-bond acceptors (Lipinski definition) is 4. The average Bonchev–Trinajstić information content (AvgIpc) is 3.00. The molecule has 0 saturated heterocycles. The summed E-state index contributed by atoms with van der Waals surface area (Å²) in [4.78, 5) is 11.3. The quantitative estimate of drug-likeness (QED) is 0.762. The lowest BCUT2D eigenvalue weighted by Gasteiger charge is -2.02. The van der Waals surface area contributed by atoms with Crippen LogP contribution >= 0.6 is 0 Å². The van der Waals surface area contributed by atoms with Gasteiger partial charge in [0.15, 0.2) is 0 Å². The Morgan fingerprint density at radius 2 is 2.20 bits per heavy atom. The topological polar surface area (TPSA) is 80.3 Å². The van der Waals surface area contributed by atoms with Gasteiger partial charge in [0.1, 0.15) is 11.4 Å². The van der Waals surface area contributed by atoms with Gasteiger partial charge in [-0.2, -0.15) is 5.10 Å². The minimum atomic E-state index is -1.07. The second kappa shape index (κ2) is 4.73. The lowest BCUT2D eigenvalue weighted by molar-refractivity contribution is 0.0663. The predicted molar refractivity (Wildman–Crippen MR) is 73.7 cm³/mol. The number of hydrogen-bond donors (Lipinski definition) is 2. The van der Waals surface area contributed by atoms with Crippen molar-refractivity contribution in [2.75, 3.05) is 5.32 Å². The van der Waals surface area contributed by atoms with Crippen LogP contribution < -0.4 is 5.32 Å². The van der Waals surface area contributed by atoms with Gasteiger partial charge in [-0.05, 0) is 6.07 Å². The van der Waals surface area contributed by atoms with Crippen molar-refractivity contribution < 1.29 is 14.3 Å². The number of carboxylic acid groups (broad SMARTS) is 1. The number of rotatable bonds is 4. The molecule has 2 heterocycles. The van der Waals surface area contributed by atoms with Gasteiger partial charge >= 0.3 is 5.97 Å². The highest BCUT2D eigenvalue weighted by Gasteiger charge is 2.19. The molecule has 0 radical (unpaired) electrons. The van der Waals surface area contributed by atoms with Crippen LogP contribution in [0.3, 0.4) is 0 Å². The third-order valence-corrected chi connectivity index (χ3v) is 3.05. The monoisotopic (exact) mass is 271 g/mol. The highest BCUT2D eigenvalue weighted by Crippen LogP contribution is 2.26. The molecular weight excluding hydrogens is 258 g/mol. The molecule has 0 unspecified atom stereocenters. The first kappa shape index (κ1) is 12.3. The van der Waals surface area contributed by atoms with Crippen LogP contribution in [0, 0.1) is 0 Å². The number of carboxylic acids is 1. The van der Waals surface area contributed by atoms with Gasteiger partial charge in [0.25, 0.3) is 0 Å². The summed E-state index contributed by atoms with van der Waals surface area (Å²) in [6.07, 6.45) is 1.81. The van der Waals surface area contributed by atoms with Crippen molar-refractivity contribution in [3.05, 3.63) is 47.9 Å². The number of aromatic nitrogens is 2. The smallest absolute Gasteiger partial charge is 0.372 e. The molecule has 0 aliphatic rings. The molecule has 0 saturated carbocycles. The predicted octanol–water partition coefficient (Wildman–Crippen LogP) is 2.48. The largest absolute Gasteiger partial charge is 0.475 e. The van der Waals surface area contributed by atoms with E-state index in [9.17, 15) is 9.90 Å². The zero-order valence-electron chi connectivity index (χ0n) is 10.8. The Labute approximate surface area is 114 Å². The van der Waals surface area contributed by atoms with Crippen molar-refractivity contribution in [3.8, 4) is 0 Å². The Morgan fingerprint density at radius 3 is 2.90 bits per heavy atom. The SMILES string of the molecule is Cn1ccc(NCc2c(C(=O)O)oc3ccccc23)n1. The van der Waals surface area contributed by atoms with Crippen LogP contribution in [-0.4, -0.2) is 20.9 Å². The number of para-hydroxylation sites is 1. The second-order valence-electron chi connectivity index (χ2n) is 4.44. The van der Waals surface area contributed by atoms with E-state index >= 15 is 0 Å². The van der Waals surface area contributed by atoms with E-state index < -0.39 is 5.97 Å². The summed E-state index contributed by atoms with van der Waals surface area (Å²) in [5, 5.41) is 17.3. The molecule has 6 heteroatoms. The minimum Gasteiger partial charge on any atom is -0.475 e. The zero-order chi connectivity index (χ0) is 14.1. The fourth-order valence-corrected chi connectivity index (χ4v) is 2.14. The number of aryl methyl sites for hydroxylation is 1. The third kappa shape index (κ3) is 2.11. The van der Waals surface area contributed by atoms with Crippen molar-refractivity contribution in [1.29, 1.82) is 0 Å². The number of aromatic carboxylic acids is 1. The first-order valence-corrected chi connectivity index (χ1v) is 6.12. The van der Waals surface area contributed by atoms with Gasteiger partial charge in [-0.25, -0.2) is 4.79 Å². The summed E-state index contributed by atoms with van der Waals surface area (Å²) in [5.74, 6) is -0.414. The van der Waals surface area contributed by atoms with Crippen molar-refractivity contribution in [2.24, 2.45) is 7.05 Å². The van der Waals surface area contributed by atoms with Gasteiger partial charge in [0.05, 0.1) is 0 Å². The standard InChI is InChI=1S/C14H13N3O3/c1-17-7-6-12(16-17)15-8-10-9-4-2-3-5-11(9)20-13(10)14(18)19/h2-7H,8H2,1H3,(H,15,16)(H,18,19). The van der Waals surface area contributed by atoms with Crippen LogP contribution in [0.5, 0.6) is 0 Å². The Balaban J connectivity index is 1.96. The lowest BCUT2D eigenvalue weighted by atomic mass is 10.1. The molecule has 0 atom stereocenters. The van der Waals surface area contributed by atoms with E-state index in [0.717, 1.165) is 5.39 Å². The maximum atomic E-state index is 11.3. The first-order chi connectivity index (χ1) is 9.65. The molecule has 20 heavy (non-hydrogen) atoms. The number of nitrogens with one attached hydrogen (secondary N) is 1. The van der Waals surface area contributed by atoms with E-state index in [-0.39, 0.29) is 5.76 Å². The average molecular weight is 271 g/mol. The van der Waals surface area contributed by atoms with E-state index in [1.807, 2.05) is 37.5 Å². The summed E-state index contributed by atoms with van der Waals surface area (Å²) in [7, 11) is 1.82. The molecule has 0 bridgehead atoms. The molecule has 0 aliphatic carbocycles. The molecule has 0 aliphatic heterocycles. The molecule has 0 fully saturated rings. The van der Waals surface area contributed by atoms with Gasteiger partial charge < -0.3 is 14.8 Å². The lowest BCUT2D eigenvalue weighted by Crippen LogP contribution is -2.05. The van der Waals surface area contributed by atoms with Crippen molar-refractivity contribution in [2.45, 2.75) is 6.54 Å². The van der Waals surface area contributed by atoms with Crippen molar-refractivity contribution >= 4 is 22.8 Å². The number of fused-ring (bicyclic) bond motifs is 1. The van der Waals surface area contributed by atoms with Gasteiger partial charge in [-0.15, -0.1) is 0 Å². The molecule has 6 nitrogen and oxygen atoms in total. The van der Waals surface area contributed by atoms with Crippen LogP contribution in [0.2, 0.25) is 0 Å². The Kier molecular flexibility index (Phi) is 2.90. The molecule has 0 spiro atoms. The van der Waals surface area contributed by atoms with Gasteiger partial charge in [-0.1, -0.05) is 18.2 Å². The van der Waals surface area contributed by atoms with E-state index in [1.165, 1.54) is 0 Å². The van der Waals surface area contributed by atoms with Crippen LogP contribution in [0.15, 0.2) is 40.9 Å². The molecule has 2 N–H and O–H groups in total. The van der Waals surface area contributed by atoms with E-state index in [2.05, 4.69) is 10.4 Å². The molecular formula is C14H13N3O3. The highest BCUT2D eigenvalue weighted by molar-refractivity contribution is 5.95. The van der Waals surface area contributed by atoms with E-state index in [1.54, 1.807) is 10.7 Å². The number of carbonyl (C=O) groups is 1. The maximum Gasteiger partial charge on any atom is 0.372 e. The molecule has 0 amide bonds. The summed E-state index contributed by atoms with van der Waals surface area (Å²) >= 11 is 0. The number of furan rings is 1. The normalized spacial score (nSPS) is 10.8. The number of anilines is 1. The van der Waals surface area contributed by atoms with Gasteiger partial charge in [0, 0.05) is 36.8 Å². The van der Waals surface area contributed by atoms with Crippen LogP contribution in [0.4, 0.5) is 5.82 Å². The highest BCUT2D eigenvalue weighted by atomic mass is 16.4.